The number of aliphatic hydroxyl groups is 6. The summed E-state index contributed by atoms with van der Waals surface area (Å²) < 4.78 is 35.1. The van der Waals surface area contributed by atoms with E-state index in [1.165, 1.54) is 31.4 Å². The monoisotopic (exact) mass is 781 g/mol. The predicted octanol–water partition coefficient (Wildman–Crippen LogP) is -3.53. The number of aliphatic hydroxyl groups excluding tert-OH is 6. The molecule has 0 aromatic heterocycles. The number of methoxy groups -OCH3 is 1. The SMILES string of the molecule is COC1OC(CO)C(OC2OC(CO)C(OC3OC(CO)C(C)C(O)C3NC(=O)Cc3ccc(O)cc3)C(O)C2N)C(O)C1NC(=O)Cc1ccc(O)cc1. The average Bonchev–Trinajstić information content (AvgIpc) is 3.17. The van der Waals surface area contributed by atoms with Gasteiger partial charge in [-0.1, -0.05) is 31.2 Å². The first kappa shape index (κ1) is 42.6. The molecule has 3 heterocycles. The number of benzene rings is 2. The lowest BCUT2D eigenvalue weighted by atomic mass is 9.89. The summed E-state index contributed by atoms with van der Waals surface area (Å²) in [5.74, 6) is -1.71. The molecule has 19 heteroatoms. The van der Waals surface area contributed by atoms with Crippen LogP contribution in [-0.2, 0) is 50.9 Å². The second-order valence-corrected chi connectivity index (χ2v) is 13.9. The van der Waals surface area contributed by atoms with Crippen molar-refractivity contribution in [1.29, 1.82) is 0 Å². The Morgan fingerprint density at radius 2 is 1.07 bits per heavy atom. The van der Waals surface area contributed by atoms with Crippen molar-refractivity contribution < 1.29 is 78.9 Å². The number of aromatic hydroxyl groups is 2. The second-order valence-electron chi connectivity index (χ2n) is 13.9. The van der Waals surface area contributed by atoms with E-state index >= 15 is 0 Å². The van der Waals surface area contributed by atoms with Gasteiger partial charge in [-0.2, -0.15) is 0 Å². The summed E-state index contributed by atoms with van der Waals surface area (Å²) in [6.45, 7) is -0.358. The average molecular weight is 782 g/mol. The summed E-state index contributed by atoms with van der Waals surface area (Å²) in [4.78, 5) is 26.1. The van der Waals surface area contributed by atoms with Crippen LogP contribution in [0.3, 0.4) is 0 Å². The molecule has 15 unspecified atom stereocenters. The molecule has 0 bridgehead atoms. The molecule has 306 valence electrons. The Bertz CT molecular complexity index is 1540. The standard InChI is InChI=1S/C36H51N3O16/c1-16-21(13-40)51-36(27(29(16)47)38-24(45)11-17-3-7-19(43)8-4-17)55-32-22(14-41)52-34(26(37)30(32)48)54-33-23(15-42)53-35(50-2)28(31(33)49)39-25(46)12-18-5-9-20(44)10-6-18/h3-10,16,21-23,26-36,40-44,47-49H,11-15,37H2,1-2H3,(H,38,45)(H,39,46). The van der Waals surface area contributed by atoms with Crippen LogP contribution in [0.4, 0.5) is 0 Å². The molecule has 0 aliphatic carbocycles. The quantitative estimate of drug-likeness (QED) is 0.0885. The van der Waals surface area contributed by atoms with Gasteiger partial charge in [0.25, 0.3) is 0 Å². The molecule has 12 N–H and O–H groups in total. The molecule has 3 saturated heterocycles. The summed E-state index contributed by atoms with van der Waals surface area (Å²) in [6, 6.07) is 7.98. The topological polar surface area (TPSA) is 301 Å². The van der Waals surface area contributed by atoms with E-state index in [-0.39, 0.29) is 24.3 Å². The molecule has 0 radical (unpaired) electrons. The van der Waals surface area contributed by atoms with Gasteiger partial charge in [0.1, 0.15) is 60.2 Å². The molecule has 2 aromatic rings. The third-order valence-corrected chi connectivity index (χ3v) is 10.1. The highest BCUT2D eigenvalue weighted by Crippen LogP contribution is 2.33. The Kier molecular flexibility index (Phi) is 14.8. The molecule has 3 aliphatic rings. The molecule has 3 aliphatic heterocycles. The lowest BCUT2D eigenvalue weighted by molar-refractivity contribution is -0.348. The molecule has 5 rings (SSSR count). The fraction of sp³-hybridized carbons (Fsp3) is 0.611. The lowest BCUT2D eigenvalue weighted by Gasteiger charge is -2.49. The zero-order valence-corrected chi connectivity index (χ0v) is 30.2. The molecule has 55 heavy (non-hydrogen) atoms. The molecule has 15 atom stereocenters. The highest BCUT2D eigenvalue weighted by molar-refractivity contribution is 5.79. The zero-order valence-electron chi connectivity index (χ0n) is 30.2. The van der Waals surface area contributed by atoms with Crippen molar-refractivity contribution in [2.75, 3.05) is 26.9 Å². The van der Waals surface area contributed by atoms with Gasteiger partial charge in [0.05, 0.1) is 50.9 Å². The Balaban J connectivity index is 1.29. The van der Waals surface area contributed by atoms with Crippen LogP contribution in [0.5, 0.6) is 11.5 Å². The fourth-order valence-corrected chi connectivity index (χ4v) is 6.92. The number of rotatable bonds is 14. The van der Waals surface area contributed by atoms with E-state index in [0.717, 1.165) is 0 Å². The number of nitrogens with one attached hydrogen (secondary N) is 2. The van der Waals surface area contributed by atoms with E-state index in [1.54, 1.807) is 31.2 Å². The summed E-state index contributed by atoms with van der Waals surface area (Å²) in [7, 11) is 1.28. The predicted molar refractivity (Wildman–Crippen MR) is 187 cm³/mol. The lowest BCUT2D eigenvalue weighted by Crippen LogP contribution is -2.70. The maximum absolute atomic E-state index is 13.1. The van der Waals surface area contributed by atoms with Gasteiger partial charge in [-0.3, -0.25) is 9.59 Å². The van der Waals surface area contributed by atoms with E-state index < -0.39 is 123 Å². The summed E-state index contributed by atoms with van der Waals surface area (Å²) >= 11 is 0. The third-order valence-electron chi connectivity index (χ3n) is 10.1. The number of carbonyl (C=O) groups excluding carboxylic acids is 2. The van der Waals surface area contributed by atoms with Gasteiger partial charge < -0.3 is 85.6 Å². The highest BCUT2D eigenvalue weighted by atomic mass is 16.7. The van der Waals surface area contributed by atoms with Gasteiger partial charge in [0.2, 0.25) is 11.8 Å². The van der Waals surface area contributed by atoms with Crippen molar-refractivity contribution >= 4 is 11.8 Å². The molecule has 0 saturated carbocycles. The Hall–Kier alpha value is -3.54. The summed E-state index contributed by atoms with van der Waals surface area (Å²) in [5.41, 5.74) is 7.52. The van der Waals surface area contributed by atoms with E-state index in [2.05, 4.69) is 10.6 Å². The van der Waals surface area contributed by atoms with Crippen LogP contribution in [0.2, 0.25) is 0 Å². The number of hydrogen-bond acceptors (Lipinski definition) is 17. The number of nitrogens with two attached hydrogens (primary N) is 1. The number of amides is 2. The van der Waals surface area contributed by atoms with Crippen molar-refractivity contribution in [1.82, 2.24) is 10.6 Å². The van der Waals surface area contributed by atoms with Gasteiger partial charge in [-0.25, -0.2) is 0 Å². The molecular formula is C36H51N3O16. The van der Waals surface area contributed by atoms with Crippen molar-refractivity contribution in [3.63, 3.8) is 0 Å². The van der Waals surface area contributed by atoms with Gasteiger partial charge in [-0.15, -0.1) is 0 Å². The third kappa shape index (κ3) is 10.1. The number of phenols is 2. The smallest absolute Gasteiger partial charge is 0.224 e. The normalized spacial score (nSPS) is 36.6. The Morgan fingerprint density at radius 3 is 1.55 bits per heavy atom. The van der Waals surface area contributed by atoms with Crippen molar-refractivity contribution in [3.05, 3.63) is 59.7 Å². The number of hydrogen-bond donors (Lipinski definition) is 11. The Morgan fingerprint density at radius 1 is 0.655 bits per heavy atom. The highest BCUT2D eigenvalue weighted by Gasteiger charge is 2.53. The minimum absolute atomic E-state index is 0.0159. The summed E-state index contributed by atoms with van der Waals surface area (Å²) in [5, 5.41) is 89.1. The van der Waals surface area contributed by atoms with Crippen molar-refractivity contribution in [3.8, 4) is 11.5 Å². The number of phenolic OH excluding ortho intramolecular Hbond substituents is 2. The minimum Gasteiger partial charge on any atom is -0.508 e. The molecule has 2 aromatic carbocycles. The first-order valence-corrected chi connectivity index (χ1v) is 17.8. The zero-order chi connectivity index (χ0) is 40.0. The van der Waals surface area contributed by atoms with Crippen LogP contribution in [-0.4, -0.2) is 165 Å². The molecule has 19 nitrogen and oxygen atoms in total. The molecular weight excluding hydrogens is 730 g/mol. The first-order valence-electron chi connectivity index (χ1n) is 17.8. The second kappa shape index (κ2) is 19.1. The van der Waals surface area contributed by atoms with Gasteiger partial charge in [0, 0.05) is 13.0 Å². The van der Waals surface area contributed by atoms with E-state index in [0.29, 0.717) is 11.1 Å². The van der Waals surface area contributed by atoms with Crippen molar-refractivity contribution in [2.45, 2.75) is 106 Å². The van der Waals surface area contributed by atoms with Gasteiger partial charge in [-0.05, 0) is 35.4 Å². The van der Waals surface area contributed by atoms with Crippen LogP contribution >= 0.6 is 0 Å². The largest absolute Gasteiger partial charge is 0.508 e. The number of ether oxygens (including phenoxy) is 6. The fourth-order valence-electron chi connectivity index (χ4n) is 6.92. The van der Waals surface area contributed by atoms with Gasteiger partial charge in [0.15, 0.2) is 18.9 Å². The van der Waals surface area contributed by atoms with Gasteiger partial charge >= 0.3 is 0 Å². The van der Waals surface area contributed by atoms with Crippen LogP contribution in [0.25, 0.3) is 0 Å². The van der Waals surface area contributed by atoms with E-state index in [4.69, 9.17) is 34.2 Å². The minimum atomic E-state index is -1.67. The van der Waals surface area contributed by atoms with Crippen LogP contribution in [0, 0.1) is 5.92 Å². The van der Waals surface area contributed by atoms with E-state index in [9.17, 15) is 50.4 Å². The van der Waals surface area contributed by atoms with Crippen molar-refractivity contribution in [2.24, 2.45) is 11.7 Å². The molecule has 3 fully saturated rings. The molecule has 2 amide bonds. The van der Waals surface area contributed by atoms with Crippen LogP contribution in [0.15, 0.2) is 48.5 Å². The van der Waals surface area contributed by atoms with E-state index in [1.807, 2.05) is 0 Å². The Labute approximate surface area is 316 Å². The van der Waals surface area contributed by atoms with Crippen LogP contribution < -0.4 is 16.4 Å². The summed E-state index contributed by atoms with van der Waals surface area (Å²) in [6.07, 6.45) is -15.5. The maximum Gasteiger partial charge on any atom is 0.224 e. The molecule has 0 spiro atoms. The maximum atomic E-state index is 13.1. The number of carbonyl (C=O) groups is 2. The first-order chi connectivity index (χ1) is 26.3. The van der Waals surface area contributed by atoms with Crippen LogP contribution in [0.1, 0.15) is 18.1 Å².